The summed E-state index contributed by atoms with van der Waals surface area (Å²) < 4.78 is 0. The molecule has 1 aliphatic heterocycles. The predicted molar refractivity (Wildman–Crippen MR) is 94.4 cm³/mol. The van der Waals surface area contributed by atoms with Crippen LogP contribution in [-0.4, -0.2) is 47.4 Å². The molecule has 136 valence electrons. The molecular weight excluding hydrogens is 340 g/mol. The minimum absolute atomic E-state index is 0.0235. The minimum Gasteiger partial charge on any atom is -0.354 e. The molecule has 1 saturated carbocycles. The Morgan fingerprint density at radius 2 is 2.12 bits per heavy atom. The summed E-state index contributed by atoms with van der Waals surface area (Å²) in [5, 5.41) is 8.23. The first-order chi connectivity index (χ1) is 12.1. The van der Waals surface area contributed by atoms with Gasteiger partial charge in [0.1, 0.15) is 6.54 Å². The Kier molecular flexibility index (Phi) is 6.01. The zero-order valence-electron chi connectivity index (χ0n) is 14.3. The van der Waals surface area contributed by atoms with E-state index in [9.17, 15) is 14.4 Å². The second-order valence-electron chi connectivity index (χ2n) is 6.63. The molecule has 8 heteroatoms. The number of imide groups is 1. The highest BCUT2D eigenvalue weighted by Gasteiger charge is 2.24. The minimum atomic E-state index is -0.497. The van der Waals surface area contributed by atoms with Crippen LogP contribution in [0.2, 0.25) is 0 Å². The average molecular weight is 364 g/mol. The third-order valence-corrected chi connectivity index (χ3v) is 5.66. The van der Waals surface area contributed by atoms with Gasteiger partial charge in [-0.1, -0.05) is 19.3 Å². The van der Waals surface area contributed by atoms with Crippen molar-refractivity contribution in [1.82, 2.24) is 20.5 Å². The molecule has 4 amide bonds. The first-order valence-electron chi connectivity index (χ1n) is 8.91. The molecule has 2 fully saturated rings. The highest BCUT2D eigenvalue weighted by atomic mass is 32.1. The number of hydrogen-bond acceptors (Lipinski definition) is 5. The van der Waals surface area contributed by atoms with Crippen LogP contribution < -0.4 is 10.6 Å². The van der Waals surface area contributed by atoms with Crippen molar-refractivity contribution in [3.63, 3.8) is 0 Å². The van der Waals surface area contributed by atoms with E-state index in [1.54, 1.807) is 11.3 Å². The van der Waals surface area contributed by atoms with Gasteiger partial charge in [-0.3, -0.25) is 14.9 Å². The number of nitrogens with zero attached hydrogens (tertiary/aromatic N) is 2. The van der Waals surface area contributed by atoms with Crippen LogP contribution in [0.3, 0.4) is 0 Å². The van der Waals surface area contributed by atoms with Gasteiger partial charge >= 0.3 is 6.03 Å². The van der Waals surface area contributed by atoms with E-state index in [4.69, 9.17) is 4.98 Å². The lowest BCUT2D eigenvalue weighted by Crippen LogP contribution is -2.52. The zero-order chi connectivity index (χ0) is 17.6. The van der Waals surface area contributed by atoms with Crippen molar-refractivity contribution >= 4 is 29.2 Å². The molecule has 1 aromatic heterocycles. The number of carbonyl (C=O) groups excluding carboxylic acids is 3. The van der Waals surface area contributed by atoms with E-state index in [1.165, 1.54) is 42.7 Å². The molecule has 7 nitrogen and oxygen atoms in total. The van der Waals surface area contributed by atoms with Crippen molar-refractivity contribution in [2.75, 3.05) is 19.6 Å². The van der Waals surface area contributed by atoms with Crippen molar-refractivity contribution in [1.29, 1.82) is 0 Å². The molecule has 0 unspecified atom stereocenters. The predicted octanol–water partition coefficient (Wildman–Crippen LogP) is 1.79. The highest BCUT2D eigenvalue weighted by Crippen LogP contribution is 2.33. The molecule has 2 aliphatic rings. The second kappa shape index (κ2) is 8.42. The van der Waals surface area contributed by atoms with E-state index in [-0.39, 0.29) is 31.3 Å². The van der Waals surface area contributed by atoms with Gasteiger partial charge in [0.15, 0.2) is 0 Å². The molecule has 0 bridgehead atoms. The molecule has 1 aromatic rings. The lowest BCUT2D eigenvalue weighted by atomic mass is 9.87. The summed E-state index contributed by atoms with van der Waals surface area (Å²) in [4.78, 5) is 40.7. The average Bonchev–Trinajstić information content (AvgIpc) is 3.07. The van der Waals surface area contributed by atoms with Gasteiger partial charge in [-0.25, -0.2) is 9.78 Å². The second-order valence-corrected chi connectivity index (χ2v) is 7.57. The van der Waals surface area contributed by atoms with Crippen LogP contribution in [0.5, 0.6) is 0 Å². The van der Waals surface area contributed by atoms with Crippen LogP contribution >= 0.6 is 11.3 Å². The molecule has 0 atom stereocenters. The first-order valence-corrected chi connectivity index (χ1v) is 9.79. The standard InChI is InChI=1S/C17H24N4O3S/c22-14-7-9-21(17(24)20-14)10-15(23)18-8-6-16-19-13(11-25-16)12-4-2-1-3-5-12/h11-12H,1-10H2,(H,18,23)(H,20,22,24). The topological polar surface area (TPSA) is 91.4 Å². The fourth-order valence-electron chi connectivity index (χ4n) is 3.31. The van der Waals surface area contributed by atoms with Gasteiger partial charge < -0.3 is 10.2 Å². The molecule has 2 N–H and O–H groups in total. The van der Waals surface area contributed by atoms with Crippen LogP contribution in [0.4, 0.5) is 4.79 Å². The van der Waals surface area contributed by atoms with Gasteiger partial charge in [-0.2, -0.15) is 0 Å². The van der Waals surface area contributed by atoms with Gasteiger partial charge in [0.2, 0.25) is 11.8 Å². The summed E-state index contributed by atoms with van der Waals surface area (Å²) >= 11 is 1.66. The van der Waals surface area contributed by atoms with Crippen LogP contribution in [0.1, 0.15) is 55.1 Å². The van der Waals surface area contributed by atoms with E-state index < -0.39 is 6.03 Å². The summed E-state index contributed by atoms with van der Waals surface area (Å²) in [5.41, 5.74) is 1.21. The summed E-state index contributed by atoms with van der Waals surface area (Å²) in [6, 6.07) is -0.497. The van der Waals surface area contributed by atoms with Crippen molar-refractivity contribution in [3.8, 4) is 0 Å². The zero-order valence-corrected chi connectivity index (χ0v) is 15.1. The molecule has 0 aromatic carbocycles. The van der Waals surface area contributed by atoms with Crippen LogP contribution in [0.25, 0.3) is 0 Å². The Morgan fingerprint density at radius 3 is 2.88 bits per heavy atom. The molecule has 1 saturated heterocycles. The van der Waals surface area contributed by atoms with E-state index in [1.807, 2.05) is 0 Å². The lowest BCUT2D eigenvalue weighted by Gasteiger charge is -2.25. The Labute approximate surface area is 151 Å². The van der Waals surface area contributed by atoms with Crippen molar-refractivity contribution in [2.45, 2.75) is 50.9 Å². The monoisotopic (exact) mass is 364 g/mol. The maximum atomic E-state index is 11.9. The Balaban J connectivity index is 1.39. The number of urea groups is 1. The highest BCUT2D eigenvalue weighted by molar-refractivity contribution is 7.09. The third-order valence-electron chi connectivity index (χ3n) is 4.73. The number of rotatable bonds is 6. The number of hydrogen-bond donors (Lipinski definition) is 2. The van der Waals surface area contributed by atoms with Crippen molar-refractivity contribution < 1.29 is 14.4 Å². The maximum absolute atomic E-state index is 11.9. The maximum Gasteiger partial charge on any atom is 0.324 e. The summed E-state index contributed by atoms with van der Waals surface area (Å²) in [5.74, 6) is 0.0985. The summed E-state index contributed by atoms with van der Waals surface area (Å²) in [7, 11) is 0. The van der Waals surface area contributed by atoms with Gasteiger partial charge in [0, 0.05) is 37.2 Å². The lowest BCUT2D eigenvalue weighted by molar-refractivity contribution is -0.125. The summed E-state index contributed by atoms with van der Waals surface area (Å²) in [6.45, 7) is 0.768. The van der Waals surface area contributed by atoms with E-state index >= 15 is 0 Å². The largest absolute Gasteiger partial charge is 0.354 e. The fourth-order valence-corrected chi connectivity index (χ4v) is 4.19. The smallest absolute Gasteiger partial charge is 0.324 e. The quantitative estimate of drug-likeness (QED) is 0.805. The van der Waals surface area contributed by atoms with Crippen molar-refractivity contribution in [3.05, 3.63) is 16.1 Å². The SMILES string of the molecule is O=C(CN1CCC(=O)NC1=O)NCCc1nc(C2CCCCC2)cs1. The molecule has 0 spiro atoms. The normalized spacial score (nSPS) is 19.0. The van der Waals surface area contributed by atoms with Crippen LogP contribution in [0.15, 0.2) is 5.38 Å². The third kappa shape index (κ3) is 5.01. The molecule has 25 heavy (non-hydrogen) atoms. The van der Waals surface area contributed by atoms with Gasteiger partial charge in [0.25, 0.3) is 0 Å². The Hall–Kier alpha value is -1.96. The molecule has 3 rings (SSSR count). The molecule has 2 heterocycles. The number of thiazole rings is 1. The Morgan fingerprint density at radius 1 is 1.32 bits per heavy atom. The van der Waals surface area contributed by atoms with Crippen molar-refractivity contribution in [2.24, 2.45) is 0 Å². The van der Waals surface area contributed by atoms with Crippen LogP contribution in [-0.2, 0) is 16.0 Å². The van der Waals surface area contributed by atoms with Gasteiger partial charge in [-0.05, 0) is 12.8 Å². The van der Waals surface area contributed by atoms with E-state index in [0.717, 1.165) is 5.01 Å². The van der Waals surface area contributed by atoms with E-state index in [0.29, 0.717) is 18.9 Å². The fraction of sp³-hybridized carbons (Fsp3) is 0.647. The Bertz CT molecular complexity index is 640. The first kappa shape index (κ1) is 17.8. The van der Waals surface area contributed by atoms with Gasteiger partial charge in [0.05, 0.1) is 10.7 Å². The molecule has 0 radical (unpaired) electrons. The number of aromatic nitrogens is 1. The molecule has 1 aliphatic carbocycles. The number of carbonyl (C=O) groups is 3. The number of nitrogens with one attached hydrogen (secondary N) is 2. The van der Waals surface area contributed by atoms with Gasteiger partial charge in [-0.15, -0.1) is 11.3 Å². The number of amides is 4. The summed E-state index contributed by atoms with van der Waals surface area (Å²) in [6.07, 6.45) is 7.34. The van der Waals surface area contributed by atoms with E-state index in [2.05, 4.69) is 16.0 Å². The van der Waals surface area contributed by atoms with Crippen LogP contribution in [0, 0.1) is 0 Å². The molecular formula is C17H24N4O3S.